The molecule has 5 heteroatoms. The zero-order chi connectivity index (χ0) is 14.7. The lowest BCUT2D eigenvalue weighted by Gasteiger charge is -2.29. The van der Waals surface area contributed by atoms with Gasteiger partial charge in [-0.1, -0.05) is 0 Å². The Hall–Kier alpha value is -1.75. The minimum absolute atomic E-state index is 0.0920. The lowest BCUT2D eigenvalue weighted by Crippen LogP contribution is -2.49. The van der Waals surface area contributed by atoms with Gasteiger partial charge in [-0.15, -0.1) is 0 Å². The third-order valence-electron chi connectivity index (χ3n) is 4.05. The van der Waals surface area contributed by atoms with Crippen LogP contribution in [0.15, 0.2) is 18.2 Å². The average Bonchev–Trinajstić information content (AvgIpc) is 2.45. The molecule has 21 heavy (non-hydrogen) atoms. The zero-order valence-corrected chi connectivity index (χ0v) is 12.4. The molecule has 1 fully saturated rings. The van der Waals surface area contributed by atoms with E-state index >= 15 is 0 Å². The summed E-state index contributed by atoms with van der Waals surface area (Å²) in [7, 11) is 0. The molecule has 0 bridgehead atoms. The molecule has 1 saturated heterocycles. The van der Waals surface area contributed by atoms with Gasteiger partial charge in [0.05, 0.1) is 12.5 Å². The molecular formula is C16H22N2O3. The van der Waals surface area contributed by atoms with Gasteiger partial charge in [-0.3, -0.25) is 4.79 Å². The highest BCUT2D eigenvalue weighted by Gasteiger charge is 2.27. The van der Waals surface area contributed by atoms with Crippen LogP contribution >= 0.6 is 0 Å². The SMILES string of the molecule is CCOc1ccc2c(c1)CC(C(=O)NCC1CNC1)CO2. The molecule has 114 valence electrons. The van der Waals surface area contributed by atoms with Crippen LogP contribution in [0, 0.1) is 11.8 Å². The van der Waals surface area contributed by atoms with E-state index in [0.29, 0.717) is 25.6 Å². The second-order valence-electron chi connectivity index (χ2n) is 5.68. The summed E-state index contributed by atoms with van der Waals surface area (Å²) in [6.07, 6.45) is 0.713. The molecule has 2 N–H and O–H groups in total. The van der Waals surface area contributed by atoms with Crippen LogP contribution in [0.25, 0.3) is 0 Å². The van der Waals surface area contributed by atoms with Crippen LogP contribution in [-0.2, 0) is 11.2 Å². The van der Waals surface area contributed by atoms with Crippen molar-refractivity contribution in [2.45, 2.75) is 13.3 Å². The minimum atomic E-state index is -0.109. The minimum Gasteiger partial charge on any atom is -0.494 e. The largest absolute Gasteiger partial charge is 0.494 e. The molecule has 5 nitrogen and oxygen atoms in total. The number of carbonyl (C=O) groups is 1. The summed E-state index contributed by atoms with van der Waals surface area (Å²) in [5.74, 6) is 2.26. The number of nitrogens with one attached hydrogen (secondary N) is 2. The summed E-state index contributed by atoms with van der Waals surface area (Å²) in [6, 6.07) is 5.81. The standard InChI is InChI=1S/C16H22N2O3/c1-2-20-14-3-4-15-12(6-14)5-13(10-21-15)16(19)18-9-11-7-17-8-11/h3-4,6,11,13,17H,2,5,7-10H2,1H3,(H,18,19). The van der Waals surface area contributed by atoms with Crippen LogP contribution in [0.3, 0.4) is 0 Å². The van der Waals surface area contributed by atoms with Crippen molar-refractivity contribution in [1.82, 2.24) is 10.6 Å². The lowest BCUT2D eigenvalue weighted by atomic mass is 9.95. The van der Waals surface area contributed by atoms with Gasteiger partial charge in [-0.25, -0.2) is 0 Å². The summed E-state index contributed by atoms with van der Waals surface area (Å²) in [6.45, 7) is 5.81. The molecule has 2 heterocycles. The number of hydrogen-bond acceptors (Lipinski definition) is 4. The zero-order valence-electron chi connectivity index (χ0n) is 12.4. The maximum Gasteiger partial charge on any atom is 0.226 e. The summed E-state index contributed by atoms with van der Waals surface area (Å²) >= 11 is 0. The van der Waals surface area contributed by atoms with Crippen molar-refractivity contribution in [1.29, 1.82) is 0 Å². The fourth-order valence-electron chi connectivity index (χ4n) is 2.68. The molecule has 0 aliphatic carbocycles. The van der Waals surface area contributed by atoms with E-state index in [2.05, 4.69) is 10.6 Å². The van der Waals surface area contributed by atoms with Gasteiger partial charge in [0.15, 0.2) is 0 Å². The Morgan fingerprint density at radius 1 is 1.48 bits per heavy atom. The van der Waals surface area contributed by atoms with Gasteiger partial charge < -0.3 is 20.1 Å². The smallest absolute Gasteiger partial charge is 0.226 e. The molecular weight excluding hydrogens is 268 g/mol. The van der Waals surface area contributed by atoms with Crippen LogP contribution in [0.5, 0.6) is 11.5 Å². The predicted molar refractivity (Wildman–Crippen MR) is 79.7 cm³/mol. The van der Waals surface area contributed by atoms with E-state index < -0.39 is 0 Å². The summed E-state index contributed by atoms with van der Waals surface area (Å²) < 4.78 is 11.2. The molecule has 2 aliphatic heterocycles. The van der Waals surface area contributed by atoms with Crippen molar-refractivity contribution >= 4 is 5.91 Å². The van der Waals surface area contributed by atoms with Crippen molar-refractivity contribution in [2.75, 3.05) is 32.8 Å². The number of ether oxygens (including phenoxy) is 2. The molecule has 1 atom stereocenters. The van der Waals surface area contributed by atoms with Crippen LogP contribution in [-0.4, -0.2) is 38.8 Å². The number of fused-ring (bicyclic) bond motifs is 1. The van der Waals surface area contributed by atoms with Crippen molar-refractivity contribution < 1.29 is 14.3 Å². The van der Waals surface area contributed by atoms with Gasteiger partial charge >= 0.3 is 0 Å². The molecule has 0 radical (unpaired) electrons. The highest BCUT2D eigenvalue weighted by atomic mass is 16.5. The van der Waals surface area contributed by atoms with E-state index in [-0.39, 0.29) is 11.8 Å². The number of carbonyl (C=O) groups excluding carboxylic acids is 1. The van der Waals surface area contributed by atoms with Gasteiger partial charge in [-0.2, -0.15) is 0 Å². The quantitative estimate of drug-likeness (QED) is 0.848. The van der Waals surface area contributed by atoms with Gasteiger partial charge in [0.25, 0.3) is 0 Å². The Labute approximate surface area is 125 Å². The number of benzene rings is 1. The summed E-state index contributed by atoms with van der Waals surface area (Å²) in [5.41, 5.74) is 1.05. The normalized spacial score (nSPS) is 20.9. The molecule has 1 unspecified atom stereocenters. The first-order valence-electron chi connectivity index (χ1n) is 7.63. The second kappa shape index (κ2) is 6.35. The first-order chi connectivity index (χ1) is 10.3. The number of rotatable bonds is 5. The first-order valence-corrected chi connectivity index (χ1v) is 7.63. The number of hydrogen-bond donors (Lipinski definition) is 2. The van der Waals surface area contributed by atoms with Gasteiger partial charge in [0, 0.05) is 25.6 Å². The maximum atomic E-state index is 12.2. The Balaban J connectivity index is 1.59. The van der Waals surface area contributed by atoms with Gasteiger partial charge in [-0.05, 0) is 37.1 Å². The molecule has 1 amide bonds. The van der Waals surface area contributed by atoms with E-state index in [0.717, 1.165) is 36.7 Å². The fraction of sp³-hybridized carbons (Fsp3) is 0.562. The van der Waals surface area contributed by atoms with E-state index in [1.807, 2.05) is 25.1 Å². The average molecular weight is 290 g/mol. The molecule has 1 aromatic carbocycles. The predicted octanol–water partition coefficient (Wildman–Crippen LogP) is 0.972. The van der Waals surface area contributed by atoms with E-state index in [9.17, 15) is 4.79 Å². The van der Waals surface area contributed by atoms with E-state index in [4.69, 9.17) is 9.47 Å². The molecule has 0 spiro atoms. The van der Waals surface area contributed by atoms with E-state index in [1.165, 1.54) is 0 Å². The van der Waals surface area contributed by atoms with Crippen LogP contribution in [0.2, 0.25) is 0 Å². The van der Waals surface area contributed by atoms with E-state index in [1.54, 1.807) is 0 Å². The summed E-state index contributed by atoms with van der Waals surface area (Å²) in [4.78, 5) is 12.2. The van der Waals surface area contributed by atoms with Crippen LogP contribution in [0.4, 0.5) is 0 Å². The third kappa shape index (κ3) is 3.29. The van der Waals surface area contributed by atoms with Gasteiger partial charge in [0.1, 0.15) is 18.1 Å². The Morgan fingerprint density at radius 2 is 2.33 bits per heavy atom. The first kappa shape index (κ1) is 14.2. The third-order valence-corrected chi connectivity index (χ3v) is 4.05. The van der Waals surface area contributed by atoms with Crippen molar-refractivity contribution in [3.05, 3.63) is 23.8 Å². The molecule has 0 saturated carbocycles. The van der Waals surface area contributed by atoms with Gasteiger partial charge in [0.2, 0.25) is 5.91 Å². The highest BCUT2D eigenvalue weighted by molar-refractivity contribution is 5.79. The summed E-state index contributed by atoms with van der Waals surface area (Å²) in [5, 5.41) is 6.24. The Kier molecular flexibility index (Phi) is 4.29. The van der Waals surface area contributed by atoms with Crippen molar-refractivity contribution in [3.8, 4) is 11.5 Å². The molecule has 1 aromatic rings. The second-order valence-corrected chi connectivity index (χ2v) is 5.68. The van der Waals surface area contributed by atoms with Crippen LogP contribution in [0.1, 0.15) is 12.5 Å². The van der Waals surface area contributed by atoms with Crippen molar-refractivity contribution in [2.24, 2.45) is 11.8 Å². The van der Waals surface area contributed by atoms with Crippen molar-refractivity contribution in [3.63, 3.8) is 0 Å². The molecule has 3 rings (SSSR count). The molecule has 0 aromatic heterocycles. The highest BCUT2D eigenvalue weighted by Crippen LogP contribution is 2.30. The Morgan fingerprint density at radius 3 is 3.05 bits per heavy atom. The fourth-order valence-corrected chi connectivity index (χ4v) is 2.68. The number of amides is 1. The molecule has 2 aliphatic rings. The van der Waals surface area contributed by atoms with Crippen LogP contribution < -0.4 is 20.1 Å². The Bertz CT molecular complexity index is 514. The monoisotopic (exact) mass is 290 g/mol. The maximum absolute atomic E-state index is 12.2. The topological polar surface area (TPSA) is 59.6 Å². The lowest BCUT2D eigenvalue weighted by molar-refractivity contribution is -0.126.